The molecule has 5 nitrogen and oxygen atoms in total. The van der Waals surface area contributed by atoms with Crippen LogP contribution in [0, 0.1) is 11.3 Å². The van der Waals surface area contributed by atoms with Gasteiger partial charge in [0.05, 0.1) is 0 Å². The summed E-state index contributed by atoms with van der Waals surface area (Å²) in [6, 6.07) is -0.351. The summed E-state index contributed by atoms with van der Waals surface area (Å²) >= 11 is 0. The minimum atomic E-state index is -0.499. The molecule has 0 aromatic heterocycles. The maximum absolute atomic E-state index is 12.1. The maximum Gasteiger partial charge on any atom is 0.242 e. The van der Waals surface area contributed by atoms with Crippen LogP contribution < -0.4 is 16.0 Å². The van der Waals surface area contributed by atoms with Gasteiger partial charge in [-0.25, -0.2) is 0 Å². The highest BCUT2D eigenvalue weighted by Crippen LogP contribution is 2.13. The second-order valence-corrected chi connectivity index (χ2v) is 6.53. The second kappa shape index (κ2) is 6.37. The van der Waals surface area contributed by atoms with Crippen LogP contribution in [0.25, 0.3) is 0 Å². The van der Waals surface area contributed by atoms with Crippen LogP contribution in [0.1, 0.15) is 41.0 Å². The highest BCUT2D eigenvalue weighted by atomic mass is 16.2. The van der Waals surface area contributed by atoms with Crippen molar-refractivity contribution in [3.8, 4) is 0 Å². The van der Waals surface area contributed by atoms with Gasteiger partial charge in [0.25, 0.3) is 0 Å². The number of nitrogens with one attached hydrogen (secondary N) is 3. The van der Waals surface area contributed by atoms with Crippen LogP contribution >= 0.6 is 0 Å². The molecule has 0 radical (unpaired) electrons. The maximum atomic E-state index is 12.1. The van der Waals surface area contributed by atoms with Crippen molar-refractivity contribution in [3.63, 3.8) is 0 Å². The Kier molecular flexibility index (Phi) is 5.35. The SMILES string of the molecule is CC(NC(=O)C(C)(C)C)C(=O)NC1CNCCC1C. The molecule has 0 aromatic carbocycles. The van der Waals surface area contributed by atoms with Crippen LogP contribution in [0.15, 0.2) is 0 Å². The first-order valence-corrected chi connectivity index (χ1v) is 7.04. The smallest absolute Gasteiger partial charge is 0.242 e. The third kappa shape index (κ3) is 4.82. The van der Waals surface area contributed by atoms with Gasteiger partial charge in [-0.05, 0) is 25.8 Å². The molecule has 1 heterocycles. The molecule has 0 aliphatic carbocycles. The fraction of sp³-hybridized carbons (Fsp3) is 0.857. The van der Waals surface area contributed by atoms with Crippen molar-refractivity contribution in [2.45, 2.75) is 53.1 Å². The molecule has 1 aliphatic rings. The predicted molar refractivity (Wildman–Crippen MR) is 75.6 cm³/mol. The highest BCUT2D eigenvalue weighted by Gasteiger charge is 2.28. The van der Waals surface area contributed by atoms with Crippen molar-refractivity contribution in [1.82, 2.24) is 16.0 Å². The van der Waals surface area contributed by atoms with Gasteiger partial charge in [-0.15, -0.1) is 0 Å². The molecule has 0 saturated carbocycles. The summed E-state index contributed by atoms with van der Waals surface area (Å²) < 4.78 is 0. The van der Waals surface area contributed by atoms with Crippen LogP contribution in [-0.2, 0) is 9.59 Å². The minimum absolute atomic E-state index is 0.107. The quantitative estimate of drug-likeness (QED) is 0.704. The molecular weight excluding hydrogens is 242 g/mol. The van der Waals surface area contributed by atoms with Gasteiger partial charge in [-0.2, -0.15) is 0 Å². The van der Waals surface area contributed by atoms with E-state index in [1.165, 1.54) is 0 Å². The van der Waals surface area contributed by atoms with Crippen LogP contribution in [0.2, 0.25) is 0 Å². The van der Waals surface area contributed by atoms with Gasteiger partial charge in [0.1, 0.15) is 6.04 Å². The average molecular weight is 269 g/mol. The van der Waals surface area contributed by atoms with Gasteiger partial charge in [-0.3, -0.25) is 9.59 Å². The van der Waals surface area contributed by atoms with Crippen molar-refractivity contribution in [1.29, 1.82) is 0 Å². The second-order valence-electron chi connectivity index (χ2n) is 6.53. The Morgan fingerprint density at radius 2 is 1.95 bits per heavy atom. The Balaban J connectivity index is 2.46. The Bertz CT molecular complexity index is 336. The zero-order valence-electron chi connectivity index (χ0n) is 12.7. The fourth-order valence-corrected chi connectivity index (χ4v) is 1.97. The lowest BCUT2D eigenvalue weighted by atomic mass is 9.94. The van der Waals surface area contributed by atoms with Gasteiger partial charge >= 0.3 is 0 Å². The van der Waals surface area contributed by atoms with Crippen LogP contribution in [0.4, 0.5) is 0 Å². The summed E-state index contributed by atoms with van der Waals surface area (Å²) in [5.74, 6) is 0.249. The zero-order chi connectivity index (χ0) is 14.6. The van der Waals surface area contributed by atoms with E-state index in [1.807, 2.05) is 20.8 Å². The fourth-order valence-electron chi connectivity index (χ4n) is 1.97. The van der Waals surface area contributed by atoms with E-state index in [-0.39, 0.29) is 17.9 Å². The van der Waals surface area contributed by atoms with Crippen LogP contribution in [0.5, 0.6) is 0 Å². The van der Waals surface area contributed by atoms with E-state index in [9.17, 15) is 9.59 Å². The van der Waals surface area contributed by atoms with Crippen molar-refractivity contribution in [3.05, 3.63) is 0 Å². The molecule has 3 unspecified atom stereocenters. The van der Waals surface area contributed by atoms with E-state index < -0.39 is 11.5 Å². The summed E-state index contributed by atoms with van der Waals surface area (Å²) in [6.07, 6.45) is 1.06. The number of piperidine rings is 1. The van der Waals surface area contributed by atoms with Crippen LogP contribution in [-0.4, -0.2) is 37.0 Å². The minimum Gasteiger partial charge on any atom is -0.350 e. The largest absolute Gasteiger partial charge is 0.350 e. The Morgan fingerprint density at radius 1 is 1.32 bits per heavy atom. The number of carbonyl (C=O) groups is 2. The van der Waals surface area contributed by atoms with E-state index >= 15 is 0 Å². The number of amides is 2. The van der Waals surface area contributed by atoms with Crippen molar-refractivity contribution < 1.29 is 9.59 Å². The topological polar surface area (TPSA) is 70.2 Å². The number of carbonyl (C=O) groups excluding carboxylic acids is 2. The highest BCUT2D eigenvalue weighted by molar-refractivity contribution is 5.89. The summed E-state index contributed by atoms with van der Waals surface area (Å²) in [7, 11) is 0. The van der Waals surface area contributed by atoms with Gasteiger partial charge < -0.3 is 16.0 Å². The zero-order valence-corrected chi connectivity index (χ0v) is 12.7. The lowest BCUT2D eigenvalue weighted by Crippen LogP contribution is -2.55. The lowest BCUT2D eigenvalue weighted by Gasteiger charge is -2.31. The Labute approximate surface area is 115 Å². The summed E-state index contributed by atoms with van der Waals surface area (Å²) in [5, 5.41) is 9.03. The molecule has 110 valence electrons. The van der Waals surface area contributed by atoms with Crippen molar-refractivity contribution in [2.75, 3.05) is 13.1 Å². The Morgan fingerprint density at radius 3 is 2.47 bits per heavy atom. The normalized spacial score (nSPS) is 25.5. The first kappa shape index (κ1) is 16.0. The van der Waals surface area contributed by atoms with Crippen LogP contribution in [0.3, 0.4) is 0 Å². The molecule has 0 aromatic rings. The van der Waals surface area contributed by atoms with E-state index in [0.29, 0.717) is 5.92 Å². The first-order chi connectivity index (χ1) is 8.71. The van der Waals surface area contributed by atoms with Gasteiger partial charge in [0.15, 0.2) is 0 Å². The van der Waals surface area contributed by atoms with E-state index in [1.54, 1.807) is 6.92 Å². The third-order valence-corrected chi connectivity index (χ3v) is 3.58. The summed E-state index contributed by atoms with van der Waals surface area (Å²) in [6.45, 7) is 11.2. The number of hydrogen-bond donors (Lipinski definition) is 3. The molecule has 1 fully saturated rings. The van der Waals surface area contributed by atoms with Crippen molar-refractivity contribution >= 4 is 11.8 Å². The van der Waals surface area contributed by atoms with Gasteiger partial charge in [0.2, 0.25) is 11.8 Å². The van der Waals surface area contributed by atoms with Crippen molar-refractivity contribution in [2.24, 2.45) is 11.3 Å². The molecule has 0 spiro atoms. The van der Waals surface area contributed by atoms with Gasteiger partial charge in [-0.1, -0.05) is 27.7 Å². The average Bonchev–Trinajstić information content (AvgIpc) is 2.30. The molecule has 2 amide bonds. The molecule has 5 heteroatoms. The predicted octanol–water partition coefficient (Wildman–Crippen LogP) is 0.651. The number of rotatable bonds is 3. The number of hydrogen-bond acceptors (Lipinski definition) is 3. The van der Waals surface area contributed by atoms with Gasteiger partial charge in [0, 0.05) is 18.0 Å². The standard InChI is InChI=1S/C14H27N3O2/c1-9-6-7-15-8-11(9)17-12(18)10(2)16-13(19)14(3,4)5/h9-11,15H,6-8H2,1-5H3,(H,16,19)(H,17,18). The summed E-state index contributed by atoms with van der Waals surface area (Å²) in [4.78, 5) is 23.9. The molecule has 19 heavy (non-hydrogen) atoms. The first-order valence-electron chi connectivity index (χ1n) is 7.04. The molecular formula is C14H27N3O2. The molecule has 0 bridgehead atoms. The molecule has 1 aliphatic heterocycles. The molecule has 3 atom stereocenters. The van der Waals surface area contributed by atoms with E-state index in [2.05, 4.69) is 22.9 Å². The third-order valence-electron chi connectivity index (χ3n) is 3.58. The molecule has 3 N–H and O–H groups in total. The molecule has 1 rings (SSSR count). The molecule has 1 saturated heterocycles. The lowest BCUT2D eigenvalue weighted by molar-refractivity contribution is -0.133. The summed E-state index contributed by atoms with van der Waals surface area (Å²) in [5.41, 5.74) is -0.478. The van der Waals surface area contributed by atoms with E-state index in [0.717, 1.165) is 19.5 Å². The Hall–Kier alpha value is -1.10. The van der Waals surface area contributed by atoms with E-state index in [4.69, 9.17) is 0 Å². The monoisotopic (exact) mass is 269 g/mol.